The Balaban J connectivity index is 2.71. The molecule has 0 atom stereocenters. The minimum Gasteiger partial charge on any atom is -0.497 e. The largest absolute Gasteiger partial charge is 0.497 e. The molecule has 0 saturated carbocycles. The van der Waals surface area contributed by atoms with Gasteiger partial charge in [0.15, 0.2) is 0 Å². The third-order valence-electron chi connectivity index (χ3n) is 2.03. The summed E-state index contributed by atoms with van der Waals surface area (Å²) in [4.78, 5) is 0. The van der Waals surface area contributed by atoms with E-state index in [0.29, 0.717) is 11.3 Å². The van der Waals surface area contributed by atoms with Crippen molar-refractivity contribution in [1.29, 1.82) is 0 Å². The molecule has 0 radical (unpaired) electrons. The van der Waals surface area contributed by atoms with Gasteiger partial charge in [-0.15, -0.1) is 0 Å². The molecule has 0 heterocycles. The second-order valence-corrected chi connectivity index (χ2v) is 3.41. The first-order chi connectivity index (χ1) is 7.07. The van der Waals surface area contributed by atoms with Crippen molar-refractivity contribution in [2.75, 3.05) is 20.7 Å². The highest BCUT2D eigenvalue weighted by atomic mass is 19.3. The number of hydrogen-bond acceptors (Lipinski definition) is 2. The standard InChI is InChI=1S/C11H15F2NO/c1-14-8-11(12,13)7-9-4-3-5-10(6-9)15-2/h3-6,14H,7-8H2,1-2H3. The van der Waals surface area contributed by atoms with Crippen LogP contribution in [-0.4, -0.2) is 26.6 Å². The highest BCUT2D eigenvalue weighted by molar-refractivity contribution is 5.29. The number of halogens is 2. The summed E-state index contributed by atoms with van der Waals surface area (Å²) in [5.74, 6) is -2.12. The molecule has 0 spiro atoms. The maximum atomic E-state index is 13.2. The van der Waals surface area contributed by atoms with Gasteiger partial charge in [0.05, 0.1) is 13.7 Å². The Hall–Kier alpha value is -1.16. The Kier molecular flexibility index (Phi) is 4.03. The molecule has 2 nitrogen and oxygen atoms in total. The summed E-state index contributed by atoms with van der Waals surface area (Å²) in [6.07, 6.45) is -0.273. The maximum Gasteiger partial charge on any atom is 0.264 e. The van der Waals surface area contributed by atoms with E-state index in [1.165, 1.54) is 14.2 Å². The van der Waals surface area contributed by atoms with Gasteiger partial charge in [-0.25, -0.2) is 8.78 Å². The Morgan fingerprint density at radius 3 is 2.73 bits per heavy atom. The van der Waals surface area contributed by atoms with Gasteiger partial charge in [0.1, 0.15) is 5.75 Å². The van der Waals surface area contributed by atoms with Crippen LogP contribution in [0.2, 0.25) is 0 Å². The molecule has 1 N–H and O–H groups in total. The lowest BCUT2D eigenvalue weighted by molar-refractivity contribution is 0.00448. The number of ether oxygens (including phenoxy) is 1. The second kappa shape index (κ2) is 5.07. The minimum absolute atomic E-state index is 0.273. The zero-order chi connectivity index (χ0) is 11.3. The summed E-state index contributed by atoms with van der Waals surface area (Å²) in [6, 6.07) is 6.75. The van der Waals surface area contributed by atoms with Crippen LogP contribution in [0.3, 0.4) is 0 Å². The van der Waals surface area contributed by atoms with E-state index < -0.39 is 5.92 Å². The van der Waals surface area contributed by atoms with E-state index in [0.717, 1.165) is 0 Å². The van der Waals surface area contributed by atoms with Gasteiger partial charge in [-0.3, -0.25) is 0 Å². The molecular formula is C11H15F2NO. The topological polar surface area (TPSA) is 21.3 Å². The number of nitrogens with one attached hydrogen (secondary N) is 1. The molecular weight excluding hydrogens is 200 g/mol. The first-order valence-corrected chi connectivity index (χ1v) is 4.73. The smallest absolute Gasteiger partial charge is 0.264 e. The summed E-state index contributed by atoms with van der Waals surface area (Å²) in [5.41, 5.74) is 0.578. The van der Waals surface area contributed by atoms with Crippen molar-refractivity contribution < 1.29 is 13.5 Å². The highest BCUT2D eigenvalue weighted by Gasteiger charge is 2.28. The fourth-order valence-corrected chi connectivity index (χ4v) is 1.40. The lowest BCUT2D eigenvalue weighted by Crippen LogP contribution is -2.32. The summed E-state index contributed by atoms with van der Waals surface area (Å²) >= 11 is 0. The zero-order valence-electron chi connectivity index (χ0n) is 8.89. The summed E-state index contributed by atoms with van der Waals surface area (Å²) < 4.78 is 31.5. The number of alkyl halides is 2. The van der Waals surface area contributed by atoms with Crippen LogP contribution >= 0.6 is 0 Å². The molecule has 0 bridgehead atoms. The average Bonchev–Trinajstić information content (AvgIpc) is 2.17. The van der Waals surface area contributed by atoms with Crippen LogP contribution in [-0.2, 0) is 6.42 Å². The Labute approximate surface area is 88.3 Å². The maximum absolute atomic E-state index is 13.2. The van der Waals surface area contributed by atoms with Crippen molar-refractivity contribution in [3.8, 4) is 5.75 Å². The highest BCUT2D eigenvalue weighted by Crippen LogP contribution is 2.21. The van der Waals surface area contributed by atoms with E-state index in [1.54, 1.807) is 24.3 Å². The SMILES string of the molecule is CNCC(F)(F)Cc1cccc(OC)c1. The molecule has 15 heavy (non-hydrogen) atoms. The molecule has 0 aliphatic heterocycles. The van der Waals surface area contributed by atoms with Crippen molar-refractivity contribution in [2.24, 2.45) is 0 Å². The van der Waals surface area contributed by atoms with Crippen LogP contribution in [0.5, 0.6) is 5.75 Å². The molecule has 0 aromatic heterocycles. The van der Waals surface area contributed by atoms with Crippen molar-refractivity contribution in [2.45, 2.75) is 12.3 Å². The van der Waals surface area contributed by atoms with Gasteiger partial charge >= 0.3 is 0 Å². The van der Waals surface area contributed by atoms with E-state index in [2.05, 4.69) is 5.32 Å². The number of rotatable bonds is 5. The number of benzene rings is 1. The summed E-state index contributed by atoms with van der Waals surface area (Å²) in [5, 5.41) is 2.48. The third-order valence-corrected chi connectivity index (χ3v) is 2.03. The lowest BCUT2D eigenvalue weighted by atomic mass is 10.1. The number of hydrogen-bond donors (Lipinski definition) is 1. The number of methoxy groups -OCH3 is 1. The Morgan fingerprint density at radius 2 is 2.13 bits per heavy atom. The first-order valence-electron chi connectivity index (χ1n) is 4.73. The fourth-order valence-electron chi connectivity index (χ4n) is 1.40. The molecule has 1 aromatic carbocycles. The van der Waals surface area contributed by atoms with Gasteiger partial charge in [-0.2, -0.15) is 0 Å². The van der Waals surface area contributed by atoms with E-state index >= 15 is 0 Å². The summed E-state index contributed by atoms with van der Waals surface area (Å²) in [6.45, 7) is -0.315. The minimum atomic E-state index is -2.72. The van der Waals surface area contributed by atoms with Crippen LogP contribution in [0.25, 0.3) is 0 Å². The summed E-state index contributed by atoms with van der Waals surface area (Å²) in [7, 11) is 3.03. The van der Waals surface area contributed by atoms with E-state index in [9.17, 15) is 8.78 Å². The van der Waals surface area contributed by atoms with Crippen LogP contribution in [0.15, 0.2) is 24.3 Å². The third kappa shape index (κ3) is 3.83. The van der Waals surface area contributed by atoms with E-state index in [1.807, 2.05) is 0 Å². The van der Waals surface area contributed by atoms with Gasteiger partial charge in [-0.05, 0) is 24.7 Å². The monoisotopic (exact) mass is 215 g/mol. The first kappa shape index (κ1) is 11.9. The molecule has 0 amide bonds. The van der Waals surface area contributed by atoms with Crippen LogP contribution in [0, 0.1) is 0 Å². The molecule has 0 aliphatic rings. The van der Waals surface area contributed by atoms with Gasteiger partial charge in [-0.1, -0.05) is 12.1 Å². The van der Waals surface area contributed by atoms with Gasteiger partial charge in [0, 0.05) is 6.42 Å². The Morgan fingerprint density at radius 1 is 1.40 bits per heavy atom. The fraction of sp³-hybridized carbons (Fsp3) is 0.455. The average molecular weight is 215 g/mol. The molecule has 84 valence electrons. The lowest BCUT2D eigenvalue weighted by Gasteiger charge is -2.15. The van der Waals surface area contributed by atoms with Crippen molar-refractivity contribution in [3.05, 3.63) is 29.8 Å². The second-order valence-electron chi connectivity index (χ2n) is 3.41. The van der Waals surface area contributed by atoms with Gasteiger partial charge in [0.2, 0.25) is 0 Å². The van der Waals surface area contributed by atoms with Crippen molar-refractivity contribution >= 4 is 0 Å². The predicted octanol–water partition coefficient (Wildman–Crippen LogP) is 2.09. The van der Waals surface area contributed by atoms with Crippen LogP contribution in [0.4, 0.5) is 8.78 Å². The molecule has 1 rings (SSSR count). The van der Waals surface area contributed by atoms with E-state index in [4.69, 9.17) is 4.74 Å². The van der Waals surface area contributed by atoms with Crippen molar-refractivity contribution in [1.82, 2.24) is 5.32 Å². The molecule has 0 saturated heterocycles. The van der Waals surface area contributed by atoms with Crippen LogP contribution in [0.1, 0.15) is 5.56 Å². The van der Waals surface area contributed by atoms with E-state index in [-0.39, 0.29) is 13.0 Å². The molecule has 0 unspecified atom stereocenters. The van der Waals surface area contributed by atoms with Crippen LogP contribution < -0.4 is 10.1 Å². The zero-order valence-corrected chi connectivity index (χ0v) is 8.89. The Bertz CT molecular complexity index is 315. The van der Waals surface area contributed by atoms with Gasteiger partial charge < -0.3 is 10.1 Å². The predicted molar refractivity (Wildman–Crippen MR) is 55.6 cm³/mol. The molecule has 0 fully saturated rings. The molecule has 0 aliphatic carbocycles. The quantitative estimate of drug-likeness (QED) is 0.812. The van der Waals surface area contributed by atoms with Crippen molar-refractivity contribution in [3.63, 3.8) is 0 Å². The molecule has 1 aromatic rings. The van der Waals surface area contributed by atoms with Gasteiger partial charge in [0.25, 0.3) is 5.92 Å². The molecule has 4 heteroatoms. The normalized spacial score (nSPS) is 11.5.